The van der Waals surface area contributed by atoms with Crippen LogP contribution in [-0.4, -0.2) is 39.7 Å². The molecule has 0 rings (SSSR count). The molecule has 0 atom stereocenters. The van der Waals surface area contributed by atoms with Crippen molar-refractivity contribution in [2.24, 2.45) is 0 Å². The first kappa shape index (κ1) is 20.9. The summed E-state index contributed by atoms with van der Waals surface area (Å²) in [6.45, 7) is 0.0466. The Labute approximate surface area is 116 Å². The summed E-state index contributed by atoms with van der Waals surface area (Å²) in [6.07, 6.45) is -24.7. The lowest BCUT2D eigenvalue weighted by Gasteiger charge is -2.28. The Morgan fingerprint density at radius 2 is 1.27 bits per heavy atom. The molecule has 132 valence electrons. The second kappa shape index (κ2) is 6.21. The third-order valence-corrected chi connectivity index (χ3v) is 2.31. The number of hydrogen-bond donors (Lipinski definition) is 0. The van der Waals surface area contributed by atoms with E-state index in [1.165, 1.54) is 0 Å². The van der Waals surface area contributed by atoms with Crippen molar-refractivity contribution in [1.82, 2.24) is 0 Å². The van der Waals surface area contributed by atoms with Gasteiger partial charge < -0.3 is 0 Å². The molecule has 15 heteroatoms. The van der Waals surface area contributed by atoms with Crippen LogP contribution in [0.3, 0.4) is 0 Å². The molecule has 0 N–H and O–H groups in total. The average Bonchev–Trinajstić information content (AvgIpc) is 2.22. The van der Waals surface area contributed by atoms with E-state index < -0.39 is 41.4 Å². The average molecular weight is 372 g/mol. The van der Waals surface area contributed by atoms with E-state index in [4.69, 9.17) is 0 Å². The second-order valence-electron chi connectivity index (χ2n) is 3.24. The Bertz CT molecular complexity index is 497. The molecule has 0 heterocycles. The lowest BCUT2D eigenvalue weighted by atomic mass is 10.5. The van der Waals surface area contributed by atoms with Crippen LogP contribution in [0.4, 0.5) is 39.5 Å². The van der Waals surface area contributed by atoms with E-state index in [0.29, 0.717) is 0 Å². The summed E-state index contributed by atoms with van der Waals surface area (Å²) in [5.74, 6) is 0. The van der Waals surface area contributed by atoms with Gasteiger partial charge in [0.15, 0.2) is 6.61 Å². The molecule has 0 fully saturated rings. The maximum absolute atomic E-state index is 12.8. The summed E-state index contributed by atoms with van der Waals surface area (Å²) >= 11 is 0. The fraction of sp³-hybridized carbons (Fsp3) is 0.714. The Kier molecular flexibility index (Phi) is 5.91. The third kappa shape index (κ3) is 6.80. The standard InChI is InChI=1S/C7H5F9O5S/c1-2-22(17,18)19-3-4(8,9)20-5(10,11)6(12,13)21-7(14,15)16/h2H,1,3H2. The predicted octanol–water partition coefficient (Wildman–Crippen LogP) is 2.81. The van der Waals surface area contributed by atoms with E-state index in [1.807, 2.05) is 0 Å². The number of alkyl halides is 9. The van der Waals surface area contributed by atoms with Crippen molar-refractivity contribution >= 4 is 10.1 Å². The van der Waals surface area contributed by atoms with Crippen LogP contribution in [0.25, 0.3) is 0 Å². The maximum Gasteiger partial charge on any atom is 0.527 e. The molecule has 5 nitrogen and oxygen atoms in total. The van der Waals surface area contributed by atoms with Gasteiger partial charge in [-0.15, -0.1) is 13.2 Å². The van der Waals surface area contributed by atoms with Gasteiger partial charge in [0.1, 0.15) is 0 Å². The second-order valence-corrected chi connectivity index (χ2v) is 4.80. The van der Waals surface area contributed by atoms with E-state index in [9.17, 15) is 47.9 Å². The highest BCUT2D eigenvalue weighted by Gasteiger charge is 2.67. The van der Waals surface area contributed by atoms with Crippen molar-refractivity contribution in [2.75, 3.05) is 6.61 Å². The molecule has 0 amide bonds. The van der Waals surface area contributed by atoms with E-state index >= 15 is 0 Å². The molecule has 0 aliphatic heterocycles. The Morgan fingerprint density at radius 1 is 0.864 bits per heavy atom. The smallest absolute Gasteiger partial charge is 0.258 e. The molecule has 0 spiro atoms. The maximum atomic E-state index is 12.8. The van der Waals surface area contributed by atoms with E-state index in [1.54, 1.807) is 4.74 Å². The fourth-order valence-electron chi connectivity index (χ4n) is 0.680. The van der Waals surface area contributed by atoms with Gasteiger partial charge in [-0.25, -0.2) is 9.47 Å². The minimum absolute atomic E-state index is 0.0391. The molecule has 0 radical (unpaired) electrons. The summed E-state index contributed by atoms with van der Waals surface area (Å²) in [4.78, 5) is 0. The minimum atomic E-state index is -6.52. The molecule has 0 aromatic heterocycles. The highest BCUT2D eigenvalue weighted by molar-refractivity contribution is 7.89. The molecule has 0 saturated heterocycles. The summed E-state index contributed by atoms with van der Waals surface area (Å²) in [5.41, 5.74) is 0. The quantitative estimate of drug-likeness (QED) is 0.484. The van der Waals surface area contributed by atoms with Crippen LogP contribution >= 0.6 is 0 Å². The van der Waals surface area contributed by atoms with Gasteiger partial charge in [-0.2, -0.15) is 34.8 Å². The third-order valence-electron chi connectivity index (χ3n) is 1.46. The highest BCUT2D eigenvalue weighted by Crippen LogP contribution is 2.43. The molecule has 0 aromatic rings. The first-order valence-corrected chi connectivity index (χ1v) is 6.02. The number of rotatable bonds is 8. The van der Waals surface area contributed by atoms with Crippen molar-refractivity contribution in [3.05, 3.63) is 12.0 Å². The zero-order valence-corrected chi connectivity index (χ0v) is 10.7. The summed E-state index contributed by atoms with van der Waals surface area (Å²) in [5, 5.41) is -0.0391. The van der Waals surface area contributed by atoms with Crippen LogP contribution in [0, 0.1) is 0 Å². The van der Waals surface area contributed by atoms with Crippen LogP contribution in [0.15, 0.2) is 12.0 Å². The Morgan fingerprint density at radius 3 is 1.64 bits per heavy atom. The number of halogens is 9. The fourth-order valence-corrected chi connectivity index (χ4v) is 1.08. The van der Waals surface area contributed by atoms with Crippen LogP contribution in [0.5, 0.6) is 0 Å². The van der Waals surface area contributed by atoms with Gasteiger partial charge >= 0.3 is 24.7 Å². The Balaban J connectivity index is 5.05. The molecule has 0 unspecified atom stereocenters. The van der Waals surface area contributed by atoms with E-state index in [2.05, 4.69) is 15.5 Å². The van der Waals surface area contributed by atoms with Crippen molar-refractivity contribution in [3.63, 3.8) is 0 Å². The summed E-state index contributed by atoms with van der Waals surface area (Å²) in [6, 6.07) is 0. The highest BCUT2D eigenvalue weighted by atomic mass is 32.2. The molecule has 0 aliphatic carbocycles. The zero-order valence-electron chi connectivity index (χ0n) is 9.84. The van der Waals surface area contributed by atoms with Gasteiger partial charge in [-0.05, 0) is 0 Å². The molecule has 0 aliphatic rings. The lowest BCUT2D eigenvalue weighted by Crippen LogP contribution is -2.52. The molecule has 0 saturated carbocycles. The van der Waals surface area contributed by atoms with Crippen molar-refractivity contribution < 1.29 is 61.6 Å². The molecule has 0 bridgehead atoms. The number of hydrogen-bond acceptors (Lipinski definition) is 5. The van der Waals surface area contributed by atoms with E-state index in [0.717, 1.165) is 0 Å². The first-order valence-electron chi connectivity index (χ1n) is 4.55. The van der Waals surface area contributed by atoms with Crippen LogP contribution in [0.2, 0.25) is 0 Å². The van der Waals surface area contributed by atoms with Crippen LogP contribution in [0.1, 0.15) is 0 Å². The summed E-state index contributed by atoms with van der Waals surface area (Å²) in [7, 11) is -4.81. The van der Waals surface area contributed by atoms with Crippen LogP contribution in [-0.2, 0) is 23.8 Å². The Hall–Kier alpha value is -1.06. The van der Waals surface area contributed by atoms with E-state index in [-0.39, 0.29) is 5.41 Å². The lowest BCUT2D eigenvalue weighted by molar-refractivity contribution is -0.529. The predicted molar refractivity (Wildman–Crippen MR) is 48.1 cm³/mol. The molecule has 22 heavy (non-hydrogen) atoms. The zero-order chi connectivity index (χ0) is 18.0. The van der Waals surface area contributed by atoms with Crippen LogP contribution < -0.4 is 0 Å². The summed E-state index contributed by atoms with van der Waals surface area (Å²) < 4.78 is 138. The van der Waals surface area contributed by atoms with Gasteiger partial charge in [-0.1, -0.05) is 6.58 Å². The van der Waals surface area contributed by atoms with Gasteiger partial charge in [0.25, 0.3) is 10.1 Å². The normalized spacial score (nSPS) is 15.0. The topological polar surface area (TPSA) is 61.8 Å². The molecular weight excluding hydrogens is 367 g/mol. The van der Waals surface area contributed by atoms with Gasteiger partial charge in [0, 0.05) is 0 Å². The van der Waals surface area contributed by atoms with Crippen molar-refractivity contribution in [1.29, 1.82) is 0 Å². The van der Waals surface area contributed by atoms with Crippen molar-refractivity contribution in [2.45, 2.75) is 24.7 Å². The van der Waals surface area contributed by atoms with Gasteiger partial charge in [0.2, 0.25) is 0 Å². The van der Waals surface area contributed by atoms with Gasteiger partial charge in [-0.3, -0.25) is 4.18 Å². The molecule has 0 aromatic carbocycles. The minimum Gasteiger partial charge on any atom is -0.258 e. The first-order chi connectivity index (χ1) is 9.43. The number of ether oxygens (including phenoxy) is 2. The molecular formula is C7H5F9O5S. The SMILES string of the molecule is C=CS(=O)(=O)OCC(F)(F)OC(F)(F)C(F)(F)OC(F)(F)F. The monoisotopic (exact) mass is 372 g/mol. The van der Waals surface area contributed by atoms with Crippen molar-refractivity contribution in [3.8, 4) is 0 Å². The largest absolute Gasteiger partial charge is 0.527 e. The van der Waals surface area contributed by atoms with Gasteiger partial charge in [0.05, 0.1) is 5.41 Å².